The molecule has 0 aliphatic rings. The molecular weight excluding hydrogens is 240 g/mol. The van der Waals surface area contributed by atoms with Crippen molar-refractivity contribution in [3.05, 3.63) is 29.8 Å². The third-order valence-corrected chi connectivity index (χ3v) is 2.79. The van der Waals surface area contributed by atoms with Crippen molar-refractivity contribution in [3.8, 4) is 5.75 Å². The Morgan fingerprint density at radius 3 is 2.58 bits per heavy atom. The highest BCUT2D eigenvalue weighted by atomic mass is 16.5. The standard InChI is InChI=1S/C15H22N2O2/c1-4-5-6-12(2)16-17-15(18)11-13-7-9-14(19-3)10-8-13/h7-10H,4-6,11H2,1-3H3,(H,17,18)/b16-12+. The number of carbonyl (C=O) groups excluding carboxylic acids is 1. The number of nitrogens with zero attached hydrogens (tertiary/aromatic N) is 1. The summed E-state index contributed by atoms with van der Waals surface area (Å²) in [5.41, 5.74) is 4.49. The SMILES string of the molecule is CCCC/C(C)=N/NC(=O)Cc1ccc(OC)cc1. The maximum atomic E-state index is 11.7. The molecule has 1 amide bonds. The maximum Gasteiger partial charge on any atom is 0.244 e. The molecule has 1 N–H and O–H groups in total. The highest BCUT2D eigenvalue weighted by molar-refractivity contribution is 5.85. The maximum absolute atomic E-state index is 11.7. The van der Waals surface area contributed by atoms with Crippen LogP contribution in [-0.4, -0.2) is 18.7 Å². The van der Waals surface area contributed by atoms with Crippen molar-refractivity contribution >= 4 is 11.6 Å². The van der Waals surface area contributed by atoms with Crippen molar-refractivity contribution in [1.29, 1.82) is 0 Å². The zero-order valence-corrected chi connectivity index (χ0v) is 11.9. The van der Waals surface area contributed by atoms with Crippen LogP contribution in [0.2, 0.25) is 0 Å². The molecule has 0 aliphatic carbocycles. The first-order valence-corrected chi connectivity index (χ1v) is 6.60. The highest BCUT2D eigenvalue weighted by Crippen LogP contribution is 2.11. The number of carbonyl (C=O) groups is 1. The van der Waals surface area contributed by atoms with Crippen LogP contribution in [0.5, 0.6) is 5.75 Å². The number of nitrogens with one attached hydrogen (secondary N) is 1. The van der Waals surface area contributed by atoms with Crippen LogP contribution in [0.4, 0.5) is 0 Å². The molecule has 0 unspecified atom stereocenters. The molecule has 0 atom stereocenters. The van der Waals surface area contributed by atoms with Gasteiger partial charge < -0.3 is 4.74 Å². The molecule has 4 heteroatoms. The molecule has 1 aromatic rings. The van der Waals surface area contributed by atoms with Gasteiger partial charge in [-0.3, -0.25) is 4.79 Å². The van der Waals surface area contributed by atoms with Crippen LogP contribution in [0.1, 0.15) is 38.7 Å². The molecule has 4 nitrogen and oxygen atoms in total. The van der Waals surface area contributed by atoms with Gasteiger partial charge in [-0.05, 0) is 37.5 Å². The summed E-state index contributed by atoms with van der Waals surface area (Å²) in [5.74, 6) is 0.693. The third kappa shape index (κ3) is 6.04. The lowest BCUT2D eigenvalue weighted by Crippen LogP contribution is -2.21. The molecular formula is C15H22N2O2. The van der Waals surface area contributed by atoms with Gasteiger partial charge in [-0.1, -0.05) is 25.5 Å². The van der Waals surface area contributed by atoms with Crippen LogP contribution in [0.15, 0.2) is 29.4 Å². The molecule has 0 heterocycles. The van der Waals surface area contributed by atoms with E-state index in [9.17, 15) is 4.79 Å². The molecule has 0 spiro atoms. The number of rotatable bonds is 7. The number of hydrogen-bond acceptors (Lipinski definition) is 3. The van der Waals surface area contributed by atoms with Gasteiger partial charge in [0.25, 0.3) is 0 Å². The summed E-state index contributed by atoms with van der Waals surface area (Å²) < 4.78 is 5.07. The first kappa shape index (κ1) is 15.2. The molecule has 0 saturated heterocycles. The fraction of sp³-hybridized carbons (Fsp3) is 0.467. The zero-order chi connectivity index (χ0) is 14.1. The second-order valence-electron chi connectivity index (χ2n) is 4.51. The zero-order valence-electron chi connectivity index (χ0n) is 11.9. The molecule has 0 aromatic heterocycles. The van der Waals surface area contributed by atoms with Crippen LogP contribution < -0.4 is 10.2 Å². The number of hydrazone groups is 1. The molecule has 1 rings (SSSR count). The van der Waals surface area contributed by atoms with E-state index in [1.165, 1.54) is 0 Å². The Labute approximate surface area is 114 Å². The normalized spacial score (nSPS) is 11.2. The van der Waals surface area contributed by atoms with E-state index in [1.807, 2.05) is 31.2 Å². The van der Waals surface area contributed by atoms with E-state index in [0.717, 1.165) is 36.3 Å². The fourth-order valence-electron chi connectivity index (χ4n) is 1.61. The minimum Gasteiger partial charge on any atom is -0.497 e. The van der Waals surface area contributed by atoms with Crippen molar-refractivity contribution in [2.24, 2.45) is 5.10 Å². The summed E-state index contributed by atoms with van der Waals surface area (Å²) >= 11 is 0. The Bertz CT molecular complexity index is 424. The van der Waals surface area contributed by atoms with Crippen molar-refractivity contribution < 1.29 is 9.53 Å². The Morgan fingerprint density at radius 1 is 1.32 bits per heavy atom. The lowest BCUT2D eigenvalue weighted by atomic mass is 10.1. The van der Waals surface area contributed by atoms with Crippen LogP contribution in [0, 0.1) is 0 Å². The average Bonchev–Trinajstić information content (AvgIpc) is 2.43. The molecule has 0 radical (unpaired) electrons. The van der Waals surface area contributed by atoms with E-state index in [0.29, 0.717) is 6.42 Å². The molecule has 0 bridgehead atoms. The molecule has 1 aromatic carbocycles. The van der Waals surface area contributed by atoms with Gasteiger partial charge in [0.05, 0.1) is 13.5 Å². The summed E-state index contributed by atoms with van der Waals surface area (Å²) in [4.78, 5) is 11.7. The minimum atomic E-state index is -0.0963. The molecule has 0 fully saturated rings. The number of unbranched alkanes of at least 4 members (excludes halogenated alkanes) is 1. The summed E-state index contributed by atoms with van der Waals surface area (Å²) in [6.45, 7) is 4.07. The van der Waals surface area contributed by atoms with Gasteiger partial charge in [0.2, 0.25) is 5.91 Å². The van der Waals surface area contributed by atoms with E-state index >= 15 is 0 Å². The average molecular weight is 262 g/mol. The van der Waals surface area contributed by atoms with Crippen LogP contribution in [0.3, 0.4) is 0 Å². The van der Waals surface area contributed by atoms with Gasteiger partial charge in [0.1, 0.15) is 5.75 Å². The number of methoxy groups -OCH3 is 1. The van der Waals surface area contributed by atoms with Gasteiger partial charge in [0, 0.05) is 5.71 Å². The van der Waals surface area contributed by atoms with Crippen LogP contribution in [-0.2, 0) is 11.2 Å². The molecule has 0 aliphatic heterocycles. The lowest BCUT2D eigenvalue weighted by Gasteiger charge is -2.04. The molecule has 0 saturated carbocycles. The van der Waals surface area contributed by atoms with Crippen molar-refractivity contribution in [3.63, 3.8) is 0 Å². The van der Waals surface area contributed by atoms with Crippen molar-refractivity contribution in [2.45, 2.75) is 39.5 Å². The van der Waals surface area contributed by atoms with E-state index in [4.69, 9.17) is 4.74 Å². The fourth-order valence-corrected chi connectivity index (χ4v) is 1.61. The van der Waals surface area contributed by atoms with Crippen molar-refractivity contribution in [2.75, 3.05) is 7.11 Å². The first-order chi connectivity index (χ1) is 9.15. The second kappa shape index (κ2) is 8.29. The first-order valence-electron chi connectivity index (χ1n) is 6.60. The van der Waals surface area contributed by atoms with E-state index in [-0.39, 0.29) is 5.91 Å². The highest BCUT2D eigenvalue weighted by Gasteiger charge is 2.02. The summed E-state index contributed by atoms with van der Waals surface area (Å²) in [7, 11) is 1.62. The van der Waals surface area contributed by atoms with Gasteiger partial charge in [-0.15, -0.1) is 0 Å². The third-order valence-electron chi connectivity index (χ3n) is 2.79. The van der Waals surface area contributed by atoms with Gasteiger partial charge in [-0.25, -0.2) is 5.43 Å². The second-order valence-corrected chi connectivity index (χ2v) is 4.51. The predicted molar refractivity (Wildman–Crippen MR) is 77.5 cm³/mol. The predicted octanol–water partition coefficient (Wildman–Crippen LogP) is 2.92. The van der Waals surface area contributed by atoms with E-state index in [2.05, 4.69) is 17.5 Å². The quantitative estimate of drug-likeness (QED) is 0.606. The Hall–Kier alpha value is -1.84. The van der Waals surface area contributed by atoms with E-state index in [1.54, 1.807) is 7.11 Å². The minimum absolute atomic E-state index is 0.0963. The topological polar surface area (TPSA) is 50.7 Å². The van der Waals surface area contributed by atoms with Crippen LogP contribution in [0.25, 0.3) is 0 Å². The Morgan fingerprint density at radius 2 is 2.00 bits per heavy atom. The summed E-state index contributed by atoms with van der Waals surface area (Å²) in [6, 6.07) is 7.45. The lowest BCUT2D eigenvalue weighted by molar-refractivity contribution is -0.120. The number of ether oxygens (including phenoxy) is 1. The van der Waals surface area contributed by atoms with Gasteiger partial charge in [0.15, 0.2) is 0 Å². The summed E-state index contributed by atoms with van der Waals surface area (Å²) in [6.07, 6.45) is 3.49. The number of benzene rings is 1. The largest absolute Gasteiger partial charge is 0.497 e. The van der Waals surface area contributed by atoms with Gasteiger partial charge >= 0.3 is 0 Å². The Balaban J connectivity index is 2.41. The number of hydrogen-bond donors (Lipinski definition) is 1. The van der Waals surface area contributed by atoms with E-state index < -0.39 is 0 Å². The summed E-state index contributed by atoms with van der Waals surface area (Å²) in [5, 5.41) is 4.08. The number of amides is 1. The molecule has 104 valence electrons. The molecule has 19 heavy (non-hydrogen) atoms. The Kier molecular flexibility index (Phi) is 6.64. The van der Waals surface area contributed by atoms with Gasteiger partial charge in [-0.2, -0.15) is 5.10 Å². The smallest absolute Gasteiger partial charge is 0.244 e. The van der Waals surface area contributed by atoms with Crippen molar-refractivity contribution in [1.82, 2.24) is 5.43 Å². The monoisotopic (exact) mass is 262 g/mol. The van der Waals surface area contributed by atoms with Crippen LogP contribution >= 0.6 is 0 Å².